The first kappa shape index (κ1) is 29.4. The van der Waals surface area contributed by atoms with Gasteiger partial charge in [0.15, 0.2) is 0 Å². The Morgan fingerprint density at radius 1 is 0.600 bits per heavy atom. The molecular formula is C27H52O3. The standard InChI is InChI=1S/C27H52O3/c1-3-4-5-6-7-8-9-10-11-12-13-14-15-16-17-18-19-20-21-22-23-24-30-26-27(28)25-29-2/h6-7,18-19,27-28H,3-5,8-17,20-26H2,1-2H3/b7-6-,19-18-/t27-/m0/s1. The molecule has 0 aromatic carbocycles. The summed E-state index contributed by atoms with van der Waals surface area (Å²) in [5.74, 6) is 0. The fraction of sp³-hybridized carbons (Fsp3) is 0.852. The van der Waals surface area contributed by atoms with Gasteiger partial charge in [0.25, 0.3) is 0 Å². The smallest absolute Gasteiger partial charge is 0.101 e. The van der Waals surface area contributed by atoms with Crippen LogP contribution in [0.2, 0.25) is 0 Å². The van der Waals surface area contributed by atoms with Gasteiger partial charge in [-0.3, -0.25) is 0 Å². The average Bonchev–Trinajstić information content (AvgIpc) is 2.74. The van der Waals surface area contributed by atoms with Crippen molar-refractivity contribution in [3.8, 4) is 0 Å². The summed E-state index contributed by atoms with van der Waals surface area (Å²) in [4.78, 5) is 0. The van der Waals surface area contributed by atoms with E-state index in [9.17, 15) is 5.11 Å². The maximum absolute atomic E-state index is 9.46. The van der Waals surface area contributed by atoms with E-state index in [1.165, 1.54) is 103 Å². The van der Waals surface area contributed by atoms with Crippen LogP contribution in [0.25, 0.3) is 0 Å². The maximum Gasteiger partial charge on any atom is 0.101 e. The monoisotopic (exact) mass is 424 g/mol. The highest BCUT2D eigenvalue weighted by atomic mass is 16.5. The summed E-state index contributed by atoms with van der Waals surface area (Å²) in [5.41, 5.74) is 0. The van der Waals surface area contributed by atoms with Gasteiger partial charge in [0.2, 0.25) is 0 Å². The molecule has 0 spiro atoms. The highest BCUT2D eigenvalue weighted by Gasteiger charge is 2.02. The summed E-state index contributed by atoms with van der Waals surface area (Å²) >= 11 is 0. The van der Waals surface area contributed by atoms with Gasteiger partial charge in [-0.05, 0) is 51.4 Å². The number of methoxy groups -OCH3 is 1. The van der Waals surface area contributed by atoms with Crippen molar-refractivity contribution in [3.05, 3.63) is 24.3 Å². The molecule has 0 aromatic rings. The first-order valence-electron chi connectivity index (χ1n) is 12.9. The Hall–Kier alpha value is -0.640. The number of unbranched alkanes of at least 4 members (excludes halogenated alkanes) is 14. The van der Waals surface area contributed by atoms with Crippen molar-refractivity contribution in [1.82, 2.24) is 0 Å². The first-order chi connectivity index (χ1) is 14.8. The first-order valence-corrected chi connectivity index (χ1v) is 12.9. The molecule has 0 saturated heterocycles. The minimum atomic E-state index is -0.495. The summed E-state index contributed by atoms with van der Waals surface area (Å²) in [6.07, 6.45) is 31.3. The molecule has 0 aromatic heterocycles. The zero-order valence-corrected chi connectivity index (χ0v) is 20.3. The predicted octanol–water partition coefficient (Wildman–Crippen LogP) is 7.77. The van der Waals surface area contributed by atoms with Gasteiger partial charge in [0, 0.05) is 13.7 Å². The van der Waals surface area contributed by atoms with E-state index in [0.717, 1.165) is 13.0 Å². The van der Waals surface area contributed by atoms with Crippen LogP contribution in [0, 0.1) is 0 Å². The lowest BCUT2D eigenvalue weighted by Crippen LogP contribution is -2.21. The summed E-state index contributed by atoms with van der Waals surface area (Å²) in [6.45, 7) is 3.72. The molecule has 3 nitrogen and oxygen atoms in total. The highest BCUT2D eigenvalue weighted by Crippen LogP contribution is 2.11. The number of aliphatic hydroxyl groups is 1. The van der Waals surface area contributed by atoms with Crippen molar-refractivity contribution < 1.29 is 14.6 Å². The minimum Gasteiger partial charge on any atom is -0.388 e. The summed E-state index contributed by atoms with van der Waals surface area (Å²) in [7, 11) is 1.59. The summed E-state index contributed by atoms with van der Waals surface area (Å²) < 4.78 is 10.3. The van der Waals surface area contributed by atoms with Gasteiger partial charge in [-0.15, -0.1) is 0 Å². The molecule has 0 aliphatic heterocycles. The fourth-order valence-electron chi connectivity index (χ4n) is 3.48. The number of aliphatic hydroxyl groups excluding tert-OH is 1. The van der Waals surface area contributed by atoms with Crippen LogP contribution in [0.5, 0.6) is 0 Å². The second-order valence-corrected chi connectivity index (χ2v) is 8.52. The van der Waals surface area contributed by atoms with Crippen LogP contribution in [0.4, 0.5) is 0 Å². The summed E-state index contributed by atoms with van der Waals surface area (Å²) in [6, 6.07) is 0. The molecule has 0 fully saturated rings. The van der Waals surface area contributed by atoms with E-state index in [1.54, 1.807) is 7.11 Å². The largest absolute Gasteiger partial charge is 0.388 e. The van der Waals surface area contributed by atoms with Crippen LogP contribution in [-0.4, -0.2) is 38.1 Å². The molecule has 0 amide bonds. The molecule has 0 saturated carbocycles. The Morgan fingerprint density at radius 3 is 1.50 bits per heavy atom. The molecule has 0 bridgehead atoms. The van der Waals surface area contributed by atoms with Crippen molar-refractivity contribution in [2.45, 2.75) is 122 Å². The van der Waals surface area contributed by atoms with Gasteiger partial charge in [0.05, 0.1) is 13.2 Å². The maximum atomic E-state index is 9.46. The molecule has 0 rings (SSSR count). The third-order valence-electron chi connectivity index (χ3n) is 5.38. The fourth-order valence-corrected chi connectivity index (χ4v) is 3.48. The number of ether oxygens (including phenoxy) is 2. The lowest BCUT2D eigenvalue weighted by molar-refractivity contribution is -0.00681. The zero-order chi connectivity index (χ0) is 22.0. The third-order valence-corrected chi connectivity index (χ3v) is 5.38. The minimum absolute atomic E-state index is 0.349. The van der Waals surface area contributed by atoms with Crippen molar-refractivity contribution in [3.63, 3.8) is 0 Å². The van der Waals surface area contributed by atoms with Crippen LogP contribution < -0.4 is 0 Å². The zero-order valence-electron chi connectivity index (χ0n) is 20.3. The van der Waals surface area contributed by atoms with Crippen LogP contribution >= 0.6 is 0 Å². The van der Waals surface area contributed by atoms with Gasteiger partial charge >= 0.3 is 0 Å². The second kappa shape index (κ2) is 26.4. The molecular weight excluding hydrogens is 372 g/mol. The predicted molar refractivity (Wildman–Crippen MR) is 131 cm³/mol. The molecule has 0 radical (unpaired) electrons. The van der Waals surface area contributed by atoms with E-state index in [0.29, 0.717) is 13.2 Å². The molecule has 1 atom stereocenters. The molecule has 0 aliphatic carbocycles. The molecule has 0 unspecified atom stereocenters. The Labute approximate surface area is 188 Å². The summed E-state index contributed by atoms with van der Waals surface area (Å²) in [5, 5.41) is 9.46. The van der Waals surface area contributed by atoms with Gasteiger partial charge in [-0.2, -0.15) is 0 Å². The Bertz CT molecular complexity index is 365. The molecule has 0 aliphatic rings. The third kappa shape index (κ3) is 25.4. The number of hydrogen-bond donors (Lipinski definition) is 1. The van der Waals surface area contributed by atoms with Crippen molar-refractivity contribution >= 4 is 0 Å². The molecule has 0 heterocycles. The SMILES string of the molecule is CCCC/C=C\CCCCCCCCCC/C=C\CCCCCOC[C@@H](O)COC. The van der Waals surface area contributed by atoms with E-state index >= 15 is 0 Å². The average molecular weight is 425 g/mol. The van der Waals surface area contributed by atoms with Crippen LogP contribution in [-0.2, 0) is 9.47 Å². The number of rotatable bonds is 24. The van der Waals surface area contributed by atoms with Gasteiger partial charge in [0.1, 0.15) is 6.10 Å². The van der Waals surface area contributed by atoms with E-state index in [2.05, 4.69) is 31.2 Å². The van der Waals surface area contributed by atoms with E-state index < -0.39 is 6.10 Å². The van der Waals surface area contributed by atoms with Crippen molar-refractivity contribution in [2.24, 2.45) is 0 Å². The van der Waals surface area contributed by atoms with Gasteiger partial charge in [-0.1, -0.05) is 89.0 Å². The quantitative estimate of drug-likeness (QED) is 0.127. The molecule has 3 heteroatoms. The number of allylic oxidation sites excluding steroid dienone is 4. The normalized spacial score (nSPS) is 13.0. The van der Waals surface area contributed by atoms with Gasteiger partial charge < -0.3 is 14.6 Å². The highest BCUT2D eigenvalue weighted by molar-refractivity contribution is 4.81. The second-order valence-electron chi connectivity index (χ2n) is 8.52. The van der Waals surface area contributed by atoms with Crippen LogP contribution in [0.15, 0.2) is 24.3 Å². The van der Waals surface area contributed by atoms with Crippen LogP contribution in [0.3, 0.4) is 0 Å². The molecule has 1 N–H and O–H groups in total. The molecule has 30 heavy (non-hydrogen) atoms. The van der Waals surface area contributed by atoms with Crippen molar-refractivity contribution in [1.29, 1.82) is 0 Å². The molecule has 178 valence electrons. The topological polar surface area (TPSA) is 38.7 Å². The Balaban J connectivity index is 3.14. The Kier molecular flexibility index (Phi) is 25.8. The van der Waals surface area contributed by atoms with Gasteiger partial charge in [-0.25, -0.2) is 0 Å². The number of hydrogen-bond acceptors (Lipinski definition) is 3. The van der Waals surface area contributed by atoms with E-state index in [-0.39, 0.29) is 0 Å². The lowest BCUT2D eigenvalue weighted by atomic mass is 10.1. The van der Waals surface area contributed by atoms with E-state index in [4.69, 9.17) is 9.47 Å². The van der Waals surface area contributed by atoms with E-state index in [1.807, 2.05) is 0 Å². The van der Waals surface area contributed by atoms with Crippen molar-refractivity contribution in [2.75, 3.05) is 26.9 Å². The Morgan fingerprint density at radius 2 is 1.03 bits per heavy atom. The lowest BCUT2D eigenvalue weighted by Gasteiger charge is -2.09. The van der Waals surface area contributed by atoms with Crippen LogP contribution in [0.1, 0.15) is 116 Å².